The third-order valence-electron chi connectivity index (χ3n) is 1.86. The number of rotatable bonds is 2. The van der Waals surface area contributed by atoms with Gasteiger partial charge in [0.05, 0.1) is 16.3 Å². The average molecular weight is 300 g/mol. The fourth-order valence-electron chi connectivity index (χ4n) is 1.18. The van der Waals surface area contributed by atoms with Crippen molar-refractivity contribution in [3.8, 4) is 0 Å². The molecular formula is C9H9IN4. The Morgan fingerprint density at radius 3 is 3.00 bits per heavy atom. The first-order valence-corrected chi connectivity index (χ1v) is 5.21. The Morgan fingerprint density at radius 1 is 1.50 bits per heavy atom. The van der Waals surface area contributed by atoms with Gasteiger partial charge in [-0.2, -0.15) is 5.10 Å². The molecule has 0 amide bonds. The van der Waals surface area contributed by atoms with Crippen molar-refractivity contribution in [2.45, 2.75) is 6.54 Å². The van der Waals surface area contributed by atoms with Gasteiger partial charge in [-0.05, 0) is 28.7 Å². The molecule has 2 aromatic heterocycles. The Morgan fingerprint density at radius 2 is 2.36 bits per heavy atom. The maximum Gasteiger partial charge on any atom is 0.128 e. The molecule has 2 heterocycles. The Hall–Kier alpha value is -1.11. The average Bonchev–Trinajstić information content (AvgIpc) is 2.56. The van der Waals surface area contributed by atoms with Crippen LogP contribution in [0.25, 0.3) is 0 Å². The molecule has 0 atom stereocenters. The maximum absolute atomic E-state index is 5.72. The fourth-order valence-corrected chi connectivity index (χ4v) is 1.63. The van der Waals surface area contributed by atoms with Gasteiger partial charge in [0.15, 0.2) is 0 Å². The third-order valence-corrected chi connectivity index (χ3v) is 2.42. The van der Waals surface area contributed by atoms with E-state index in [1.807, 2.05) is 29.2 Å². The van der Waals surface area contributed by atoms with Crippen molar-refractivity contribution in [1.29, 1.82) is 0 Å². The van der Waals surface area contributed by atoms with Gasteiger partial charge in [0.1, 0.15) is 5.82 Å². The van der Waals surface area contributed by atoms with Gasteiger partial charge >= 0.3 is 0 Å². The number of anilines is 1. The summed E-state index contributed by atoms with van der Waals surface area (Å²) in [5, 5.41) is 4.18. The van der Waals surface area contributed by atoms with Crippen LogP contribution in [0, 0.1) is 3.57 Å². The van der Waals surface area contributed by atoms with Gasteiger partial charge in [-0.3, -0.25) is 4.68 Å². The summed E-state index contributed by atoms with van der Waals surface area (Å²) in [5.74, 6) is 0.568. The quantitative estimate of drug-likeness (QED) is 0.855. The molecule has 0 radical (unpaired) electrons. The van der Waals surface area contributed by atoms with E-state index in [2.05, 4.69) is 32.7 Å². The molecule has 0 spiro atoms. The van der Waals surface area contributed by atoms with E-state index in [1.54, 1.807) is 6.20 Å². The molecule has 0 saturated heterocycles. The van der Waals surface area contributed by atoms with Crippen LogP contribution >= 0.6 is 22.6 Å². The molecule has 4 nitrogen and oxygen atoms in total. The highest BCUT2D eigenvalue weighted by Gasteiger charge is 2.01. The van der Waals surface area contributed by atoms with Crippen LogP contribution in [0.5, 0.6) is 0 Å². The Labute approximate surface area is 95.3 Å². The van der Waals surface area contributed by atoms with Crippen LogP contribution in [-0.4, -0.2) is 14.8 Å². The number of nitrogens with zero attached hydrogens (tertiary/aromatic N) is 3. The summed E-state index contributed by atoms with van der Waals surface area (Å²) >= 11 is 2.22. The topological polar surface area (TPSA) is 56.7 Å². The third kappa shape index (κ3) is 2.03. The fraction of sp³-hybridized carbons (Fsp3) is 0.111. The zero-order valence-corrected chi connectivity index (χ0v) is 9.55. The molecule has 2 rings (SSSR count). The van der Waals surface area contributed by atoms with E-state index >= 15 is 0 Å². The zero-order chi connectivity index (χ0) is 9.97. The van der Waals surface area contributed by atoms with Crippen LogP contribution in [0.1, 0.15) is 5.56 Å². The van der Waals surface area contributed by atoms with Crippen LogP contribution in [0.4, 0.5) is 5.82 Å². The van der Waals surface area contributed by atoms with Gasteiger partial charge in [0, 0.05) is 18.0 Å². The Bertz CT molecular complexity index is 438. The Balaban J connectivity index is 2.23. The van der Waals surface area contributed by atoms with E-state index in [4.69, 9.17) is 5.73 Å². The van der Waals surface area contributed by atoms with Gasteiger partial charge in [-0.25, -0.2) is 4.98 Å². The lowest BCUT2D eigenvalue weighted by Crippen LogP contribution is -2.04. The highest BCUT2D eigenvalue weighted by molar-refractivity contribution is 14.1. The van der Waals surface area contributed by atoms with Crippen molar-refractivity contribution in [3.05, 3.63) is 39.9 Å². The van der Waals surface area contributed by atoms with Crippen LogP contribution in [0.2, 0.25) is 0 Å². The molecule has 0 bridgehead atoms. The number of pyridine rings is 1. The van der Waals surface area contributed by atoms with Crippen molar-refractivity contribution in [2.75, 3.05) is 5.73 Å². The molecule has 5 heteroatoms. The van der Waals surface area contributed by atoms with Crippen LogP contribution in [0.3, 0.4) is 0 Å². The van der Waals surface area contributed by atoms with Gasteiger partial charge in [-0.15, -0.1) is 0 Å². The molecule has 0 unspecified atom stereocenters. The standard InChI is InChI=1S/C9H9IN4/c10-8-4-13-14(6-8)5-7-2-1-3-12-9(7)11/h1-4,6H,5H2,(H2,11,12). The maximum atomic E-state index is 5.72. The summed E-state index contributed by atoms with van der Waals surface area (Å²) in [4.78, 5) is 4.02. The van der Waals surface area contributed by atoms with Crippen molar-refractivity contribution in [1.82, 2.24) is 14.8 Å². The van der Waals surface area contributed by atoms with E-state index in [1.165, 1.54) is 0 Å². The molecule has 14 heavy (non-hydrogen) atoms. The lowest BCUT2D eigenvalue weighted by atomic mass is 10.2. The lowest BCUT2D eigenvalue weighted by Gasteiger charge is -2.03. The largest absolute Gasteiger partial charge is 0.383 e. The summed E-state index contributed by atoms with van der Waals surface area (Å²) in [6, 6.07) is 3.83. The minimum atomic E-state index is 0.568. The monoisotopic (exact) mass is 300 g/mol. The normalized spacial score (nSPS) is 10.4. The summed E-state index contributed by atoms with van der Waals surface area (Å²) in [7, 11) is 0. The number of aromatic nitrogens is 3. The highest BCUT2D eigenvalue weighted by atomic mass is 127. The summed E-state index contributed by atoms with van der Waals surface area (Å²) < 4.78 is 2.96. The van der Waals surface area contributed by atoms with Gasteiger partial charge in [-0.1, -0.05) is 6.07 Å². The smallest absolute Gasteiger partial charge is 0.128 e. The number of halogens is 1. The van der Waals surface area contributed by atoms with Crippen LogP contribution < -0.4 is 5.73 Å². The van der Waals surface area contributed by atoms with E-state index in [9.17, 15) is 0 Å². The second-order valence-corrected chi connectivity index (χ2v) is 4.15. The van der Waals surface area contributed by atoms with Crippen molar-refractivity contribution in [2.24, 2.45) is 0 Å². The van der Waals surface area contributed by atoms with E-state index in [0.717, 1.165) is 9.13 Å². The molecule has 0 fully saturated rings. The first-order chi connectivity index (χ1) is 6.75. The molecule has 2 N–H and O–H groups in total. The van der Waals surface area contributed by atoms with Gasteiger partial charge < -0.3 is 5.73 Å². The minimum absolute atomic E-state index is 0.568. The number of nitrogens with two attached hydrogens (primary N) is 1. The van der Waals surface area contributed by atoms with E-state index in [0.29, 0.717) is 12.4 Å². The molecule has 0 aliphatic rings. The SMILES string of the molecule is Nc1ncccc1Cn1cc(I)cn1. The van der Waals surface area contributed by atoms with Gasteiger partial charge in [0.2, 0.25) is 0 Å². The number of hydrogen-bond donors (Lipinski definition) is 1. The molecule has 0 saturated carbocycles. The predicted octanol–water partition coefficient (Wildman–Crippen LogP) is 1.51. The summed E-state index contributed by atoms with van der Waals surface area (Å²) in [5.41, 5.74) is 6.71. The predicted molar refractivity (Wildman–Crippen MR) is 62.7 cm³/mol. The summed E-state index contributed by atoms with van der Waals surface area (Å²) in [6.45, 7) is 0.669. The second kappa shape index (κ2) is 3.95. The van der Waals surface area contributed by atoms with Crippen LogP contribution in [-0.2, 0) is 6.54 Å². The minimum Gasteiger partial charge on any atom is -0.383 e. The zero-order valence-electron chi connectivity index (χ0n) is 7.39. The lowest BCUT2D eigenvalue weighted by molar-refractivity contribution is 0.686. The van der Waals surface area contributed by atoms with Crippen molar-refractivity contribution in [3.63, 3.8) is 0 Å². The van der Waals surface area contributed by atoms with Crippen molar-refractivity contribution >= 4 is 28.4 Å². The molecule has 0 aromatic carbocycles. The second-order valence-electron chi connectivity index (χ2n) is 2.90. The number of nitrogen functional groups attached to an aromatic ring is 1. The van der Waals surface area contributed by atoms with Crippen LogP contribution in [0.15, 0.2) is 30.7 Å². The van der Waals surface area contributed by atoms with Gasteiger partial charge in [0.25, 0.3) is 0 Å². The molecular weight excluding hydrogens is 291 g/mol. The van der Waals surface area contributed by atoms with E-state index < -0.39 is 0 Å². The molecule has 0 aliphatic carbocycles. The molecule has 0 aliphatic heterocycles. The molecule has 72 valence electrons. The van der Waals surface area contributed by atoms with Crippen molar-refractivity contribution < 1.29 is 0 Å². The number of hydrogen-bond acceptors (Lipinski definition) is 3. The Kier molecular flexibility index (Phi) is 2.67. The highest BCUT2D eigenvalue weighted by Crippen LogP contribution is 2.09. The first-order valence-electron chi connectivity index (χ1n) is 4.13. The summed E-state index contributed by atoms with van der Waals surface area (Å²) in [6.07, 6.45) is 5.46. The van der Waals surface area contributed by atoms with E-state index in [-0.39, 0.29) is 0 Å². The first kappa shape index (κ1) is 9.45. The molecule has 2 aromatic rings.